The summed E-state index contributed by atoms with van der Waals surface area (Å²) in [6.45, 7) is 2.10. The van der Waals surface area contributed by atoms with Gasteiger partial charge < -0.3 is 15.8 Å². The highest BCUT2D eigenvalue weighted by atomic mass is 16.3. The average molecular weight is 360 g/mol. The second-order valence-corrected chi connectivity index (χ2v) is 6.45. The summed E-state index contributed by atoms with van der Waals surface area (Å²) in [5.41, 5.74) is 10.7. The lowest BCUT2D eigenvalue weighted by atomic mass is 10.1. The molecule has 136 valence electrons. The maximum atomic E-state index is 10.8. The third kappa shape index (κ3) is 2.83. The van der Waals surface area contributed by atoms with Gasteiger partial charge in [0.1, 0.15) is 17.2 Å². The molecular formula is C20H20N6O. The number of H-pyrrole nitrogens is 1. The Morgan fingerprint density at radius 2 is 1.96 bits per heavy atom. The number of benzene rings is 2. The van der Waals surface area contributed by atoms with Gasteiger partial charge in [0.25, 0.3) is 0 Å². The lowest BCUT2D eigenvalue weighted by Crippen LogP contribution is -2.10. The minimum absolute atomic E-state index is 0.0114. The predicted molar refractivity (Wildman–Crippen MR) is 106 cm³/mol. The average Bonchev–Trinajstić information content (AvgIpc) is 3.21. The monoisotopic (exact) mass is 360 g/mol. The highest BCUT2D eigenvalue weighted by molar-refractivity contribution is 5.98. The molecule has 0 amide bonds. The zero-order valence-corrected chi connectivity index (χ0v) is 15.1. The van der Waals surface area contributed by atoms with Gasteiger partial charge in [-0.3, -0.25) is 10.1 Å². The Hall–Kier alpha value is -3.61. The molecule has 0 fully saturated rings. The van der Waals surface area contributed by atoms with Crippen LogP contribution in [0.3, 0.4) is 0 Å². The van der Waals surface area contributed by atoms with E-state index >= 15 is 0 Å². The first-order valence-corrected chi connectivity index (χ1v) is 8.67. The van der Waals surface area contributed by atoms with Crippen LogP contribution in [0.2, 0.25) is 0 Å². The number of hydrogen-bond donors (Lipinski definition) is 4. The number of aromatic hydroxyl groups is 1. The van der Waals surface area contributed by atoms with Gasteiger partial charge in [0.2, 0.25) is 0 Å². The number of aryl methyl sites for hydroxylation is 2. The summed E-state index contributed by atoms with van der Waals surface area (Å²) in [6, 6.07) is 13.3. The number of imidazole rings is 1. The van der Waals surface area contributed by atoms with E-state index in [1.807, 2.05) is 30.3 Å². The molecule has 0 spiro atoms. The minimum Gasteiger partial charge on any atom is -0.504 e. The fraction of sp³-hybridized carbons (Fsp3) is 0.150. The number of amidine groups is 1. The molecule has 27 heavy (non-hydrogen) atoms. The molecule has 0 atom stereocenters. The summed E-state index contributed by atoms with van der Waals surface area (Å²) in [7, 11) is 1.77. The van der Waals surface area contributed by atoms with E-state index in [1.54, 1.807) is 23.9 Å². The Kier molecular flexibility index (Phi) is 3.92. The zero-order valence-electron chi connectivity index (χ0n) is 15.1. The number of aromatic amines is 1. The van der Waals surface area contributed by atoms with Crippen LogP contribution < -0.4 is 5.73 Å². The zero-order chi connectivity index (χ0) is 19.1. The van der Waals surface area contributed by atoms with Gasteiger partial charge in [0, 0.05) is 18.2 Å². The van der Waals surface area contributed by atoms with Crippen LogP contribution in [-0.2, 0) is 13.5 Å². The molecule has 7 nitrogen and oxygen atoms in total. The van der Waals surface area contributed by atoms with Crippen molar-refractivity contribution in [1.29, 1.82) is 5.41 Å². The molecule has 2 aromatic heterocycles. The van der Waals surface area contributed by atoms with Crippen molar-refractivity contribution in [3.8, 4) is 28.5 Å². The van der Waals surface area contributed by atoms with Crippen molar-refractivity contribution in [2.75, 3.05) is 0 Å². The maximum Gasteiger partial charge on any atom is 0.173 e. The lowest BCUT2D eigenvalue weighted by Gasteiger charge is -2.00. The Labute approximate surface area is 156 Å². The van der Waals surface area contributed by atoms with E-state index in [4.69, 9.17) is 11.1 Å². The predicted octanol–water partition coefficient (Wildman–Crippen LogP) is 3.18. The van der Waals surface area contributed by atoms with Crippen molar-refractivity contribution in [2.24, 2.45) is 12.8 Å². The number of nitrogens with zero attached hydrogens (tertiary/aromatic N) is 3. The molecule has 0 unspecified atom stereocenters. The Balaban J connectivity index is 1.81. The summed E-state index contributed by atoms with van der Waals surface area (Å²) >= 11 is 0. The molecule has 0 saturated heterocycles. The highest BCUT2D eigenvalue weighted by Crippen LogP contribution is 2.37. The number of aromatic nitrogens is 4. The first-order valence-electron chi connectivity index (χ1n) is 8.67. The minimum atomic E-state index is -0.0114. The first kappa shape index (κ1) is 16.8. The van der Waals surface area contributed by atoms with Crippen molar-refractivity contribution in [2.45, 2.75) is 13.3 Å². The van der Waals surface area contributed by atoms with Gasteiger partial charge in [-0.05, 0) is 30.2 Å². The number of nitrogen functional groups attached to an aromatic ring is 1. The first-order chi connectivity index (χ1) is 13.0. The molecule has 0 aliphatic heterocycles. The van der Waals surface area contributed by atoms with Crippen LogP contribution in [0.1, 0.15) is 18.1 Å². The summed E-state index contributed by atoms with van der Waals surface area (Å²) in [4.78, 5) is 7.75. The standard InChI is InChI=1S/C20H20N6O/c1-3-11-4-6-12(7-5-11)16-18(27)17(26(2)25-16)20-23-14-9-8-13(19(21)22)10-15(14)24-20/h4-10,27H,3H2,1-2H3,(H3,21,22)(H,23,24). The molecule has 7 heteroatoms. The van der Waals surface area contributed by atoms with E-state index < -0.39 is 0 Å². The van der Waals surface area contributed by atoms with Gasteiger partial charge in [-0.25, -0.2) is 4.98 Å². The lowest BCUT2D eigenvalue weighted by molar-refractivity contribution is 0.478. The van der Waals surface area contributed by atoms with Crippen LogP contribution in [0, 0.1) is 5.41 Å². The largest absolute Gasteiger partial charge is 0.504 e. The van der Waals surface area contributed by atoms with Crippen LogP contribution in [0.5, 0.6) is 5.75 Å². The van der Waals surface area contributed by atoms with Gasteiger partial charge in [0.15, 0.2) is 11.6 Å². The molecule has 0 saturated carbocycles. The van der Waals surface area contributed by atoms with Gasteiger partial charge in [0.05, 0.1) is 11.0 Å². The van der Waals surface area contributed by atoms with Crippen LogP contribution in [0.15, 0.2) is 42.5 Å². The second-order valence-electron chi connectivity index (χ2n) is 6.45. The molecule has 0 aliphatic rings. The third-order valence-corrected chi connectivity index (χ3v) is 4.68. The van der Waals surface area contributed by atoms with Crippen molar-refractivity contribution in [1.82, 2.24) is 19.7 Å². The molecule has 0 radical (unpaired) electrons. The van der Waals surface area contributed by atoms with E-state index in [-0.39, 0.29) is 11.6 Å². The summed E-state index contributed by atoms with van der Waals surface area (Å²) in [5, 5.41) is 22.9. The van der Waals surface area contributed by atoms with E-state index in [9.17, 15) is 5.11 Å². The highest BCUT2D eigenvalue weighted by Gasteiger charge is 2.21. The van der Waals surface area contributed by atoms with E-state index in [1.165, 1.54) is 5.56 Å². The SMILES string of the molecule is CCc1ccc(-c2nn(C)c(-c3nc4cc(C(=N)N)ccc4[nH]3)c2O)cc1. The van der Waals surface area contributed by atoms with Gasteiger partial charge >= 0.3 is 0 Å². The van der Waals surface area contributed by atoms with Gasteiger partial charge in [-0.1, -0.05) is 31.2 Å². The number of nitrogens with one attached hydrogen (secondary N) is 2. The smallest absolute Gasteiger partial charge is 0.173 e. The van der Waals surface area contributed by atoms with Crippen molar-refractivity contribution < 1.29 is 5.11 Å². The van der Waals surface area contributed by atoms with Crippen LogP contribution in [-0.4, -0.2) is 30.7 Å². The molecule has 4 aromatic rings. The van der Waals surface area contributed by atoms with E-state index in [0.717, 1.165) is 17.5 Å². The van der Waals surface area contributed by atoms with Crippen molar-refractivity contribution >= 4 is 16.9 Å². The second kappa shape index (κ2) is 6.28. The van der Waals surface area contributed by atoms with E-state index in [2.05, 4.69) is 22.0 Å². The number of nitrogens with two attached hydrogens (primary N) is 1. The molecular weight excluding hydrogens is 340 g/mol. The summed E-state index contributed by atoms with van der Waals surface area (Å²) in [5.74, 6) is 0.574. The fourth-order valence-corrected chi connectivity index (χ4v) is 3.16. The quantitative estimate of drug-likeness (QED) is 0.330. The Morgan fingerprint density at radius 3 is 2.63 bits per heavy atom. The number of fused-ring (bicyclic) bond motifs is 1. The molecule has 5 N–H and O–H groups in total. The summed E-state index contributed by atoms with van der Waals surface area (Å²) < 4.78 is 1.61. The topological polar surface area (TPSA) is 117 Å². The van der Waals surface area contributed by atoms with Crippen LogP contribution in [0.25, 0.3) is 33.8 Å². The fourth-order valence-electron chi connectivity index (χ4n) is 3.16. The Morgan fingerprint density at radius 1 is 1.22 bits per heavy atom. The molecule has 0 aliphatic carbocycles. The van der Waals surface area contributed by atoms with Gasteiger partial charge in [-0.15, -0.1) is 0 Å². The summed E-state index contributed by atoms with van der Waals surface area (Å²) in [6.07, 6.45) is 0.959. The molecule has 4 rings (SSSR count). The van der Waals surface area contributed by atoms with Crippen LogP contribution in [0.4, 0.5) is 0 Å². The molecule has 2 heterocycles. The normalized spacial score (nSPS) is 11.2. The molecule has 0 bridgehead atoms. The number of rotatable bonds is 4. The van der Waals surface area contributed by atoms with Crippen molar-refractivity contribution in [3.05, 3.63) is 53.6 Å². The van der Waals surface area contributed by atoms with Crippen molar-refractivity contribution in [3.63, 3.8) is 0 Å². The van der Waals surface area contributed by atoms with Crippen LogP contribution >= 0.6 is 0 Å². The Bertz CT molecular complexity index is 1150. The van der Waals surface area contributed by atoms with E-state index in [0.29, 0.717) is 28.3 Å². The molecule has 2 aromatic carbocycles. The maximum absolute atomic E-state index is 10.8. The van der Waals surface area contributed by atoms with Gasteiger partial charge in [-0.2, -0.15) is 5.10 Å². The number of hydrogen-bond acceptors (Lipinski definition) is 4. The third-order valence-electron chi connectivity index (χ3n) is 4.68.